The minimum Gasteiger partial charge on any atom is -0.507 e. The van der Waals surface area contributed by atoms with Crippen LogP contribution >= 0.6 is 0 Å². The maximum atomic E-state index is 11.4. The summed E-state index contributed by atoms with van der Waals surface area (Å²) in [6, 6.07) is 6.78. The van der Waals surface area contributed by atoms with Crippen LogP contribution in [0.3, 0.4) is 0 Å². The van der Waals surface area contributed by atoms with E-state index in [1.54, 1.807) is 34.1 Å². The molecule has 0 saturated heterocycles. The number of aliphatic carboxylic acids is 2. The lowest BCUT2D eigenvalue weighted by molar-refractivity contribution is -0.140. The van der Waals surface area contributed by atoms with Gasteiger partial charge < -0.3 is 30.6 Å². The predicted octanol–water partition coefficient (Wildman–Crippen LogP) is 0.460. The summed E-state index contributed by atoms with van der Waals surface area (Å²) in [5.41, 5.74) is 3.02. The van der Waals surface area contributed by atoms with E-state index in [9.17, 15) is 40.2 Å². The van der Waals surface area contributed by atoms with Crippen molar-refractivity contribution in [3.8, 4) is 11.5 Å². The van der Waals surface area contributed by atoms with Gasteiger partial charge in [0.25, 0.3) is 0 Å². The number of phenols is 2. The molecule has 4 bridgehead atoms. The predicted molar refractivity (Wildman–Crippen MR) is 117 cm³/mol. The van der Waals surface area contributed by atoms with Crippen LogP contribution in [-0.4, -0.2) is 78.6 Å². The number of carboxylic acids is 2. The van der Waals surface area contributed by atoms with Gasteiger partial charge in [0.05, 0.1) is 26.3 Å². The van der Waals surface area contributed by atoms with Crippen LogP contribution in [0.25, 0.3) is 0 Å². The highest BCUT2D eigenvalue weighted by Gasteiger charge is 2.21. The van der Waals surface area contributed by atoms with E-state index in [1.807, 2.05) is 0 Å². The molecule has 2 aromatic carbocycles. The number of carboxylic acid groups (broad SMARTS) is 2. The van der Waals surface area contributed by atoms with Gasteiger partial charge in [0.2, 0.25) is 0 Å². The fourth-order valence-corrected chi connectivity index (χ4v) is 4.16. The van der Waals surface area contributed by atoms with E-state index in [1.165, 1.54) is 0 Å². The first kappa shape index (κ1) is 24.5. The molecule has 10 nitrogen and oxygen atoms in total. The molecule has 0 fully saturated rings. The summed E-state index contributed by atoms with van der Waals surface area (Å²) in [7, 11) is 0. The molecular formula is C23H28N2O8. The van der Waals surface area contributed by atoms with Crippen LogP contribution in [0.2, 0.25) is 0 Å². The van der Waals surface area contributed by atoms with E-state index in [0.717, 1.165) is 11.1 Å². The minimum atomic E-state index is -1.07. The molecule has 178 valence electrons. The highest BCUT2D eigenvalue weighted by atomic mass is 16.4. The second kappa shape index (κ2) is 10.6. The van der Waals surface area contributed by atoms with Crippen LogP contribution in [0.1, 0.15) is 33.4 Å². The largest absolute Gasteiger partial charge is 0.507 e. The SMILES string of the molecule is O=C(O)CN1CCN(CC(=O)O)Cc2cc(cc(CO)c2O)Cc2cc(CO)c(O)c(c2)C1. The number of hydrogen-bond acceptors (Lipinski definition) is 8. The molecule has 1 aliphatic rings. The molecule has 1 heterocycles. The fraction of sp³-hybridized carbons (Fsp3) is 0.391. The molecule has 6 N–H and O–H groups in total. The number of benzene rings is 2. The van der Waals surface area contributed by atoms with Crippen LogP contribution < -0.4 is 0 Å². The lowest BCUT2D eigenvalue weighted by Crippen LogP contribution is -2.39. The molecule has 0 amide bonds. The number of rotatable bonds is 6. The summed E-state index contributed by atoms with van der Waals surface area (Å²) < 4.78 is 0. The van der Waals surface area contributed by atoms with Gasteiger partial charge in [-0.05, 0) is 29.7 Å². The van der Waals surface area contributed by atoms with E-state index < -0.39 is 25.2 Å². The molecule has 0 radical (unpaired) electrons. The molecule has 2 aromatic rings. The lowest BCUT2D eigenvalue weighted by atomic mass is 9.95. The second-order valence-corrected chi connectivity index (χ2v) is 8.23. The van der Waals surface area contributed by atoms with Crippen molar-refractivity contribution in [2.24, 2.45) is 0 Å². The Morgan fingerprint density at radius 1 is 0.727 bits per heavy atom. The molecule has 0 saturated carbocycles. The summed E-state index contributed by atoms with van der Waals surface area (Å²) in [6.07, 6.45) is 0.360. The van der Waals surface area contributed by atoms with Gasteiger partial charge in [0.1, 0.15) is 11.5 Å². The third-order valence-corrected chi connectivity index (χ3v) is 5.64. The molecule has 10 heteroatoms. The van der Waals surface area contributed by atoms with Crippen LogP contribution in [0.15, 0.2) is 24.3 Å². The Kier molecular flexibility index (Phi) is 7.88. The van der Waals surface area contributed by atoms with E-state index in [4.69, 9.17) is 0 Å². The molecule has 0 aromatic heterocycles. The van der Waals surface area contributed by atoms with Crippen LogP contribution in [0, 0.1) is 0 Å². The molecular weight excluding hydrogens is 432 g/mol. The maximum absolute atomic E-state index is 11.4. The summed E-state index contributed by atoms with van der Waals surface area (Å²) in [5.74, 6) is -2.37. The van der Waals surface area contributed by atoms with Gasteiger partial charge in [-0.3, -0.25) is 19.4 Å². The van der Waals surface area contributed by atoms with E-state index in [-0.39, 0.29) is 50.8 Å². The van der Waals surface area contributed by atoms with Crippen molar-refractivity contribution in [2.45, 2.75) is 32.7 Å². The van der Waals surface area contributed by atoms with Crippen molar-refractivity contribution in [3.05, 3.63) is 57.6 Å². The molecule has 0 unspecified atom stereocenters. The Morgan fingerprint density at radius 3 is 1.45 bits per heavy atom. The zero-order valence-electron chi connectivity index (χ0n) is 18.1. The monoisotopic (exact) mass is 460 g/mol. The van der Waals surface area contributed by atoms with Crippen molar-refractivity contribution >= 4 is 11.9 Å². The number of carbonyl (C=O) groups is 2. The second-order valence-electron chi connectivity index (χ2n) is 8.23. The average molecular weight is 460 g/mol. The van der Waals surface area contributed by atoms with Gasteiger partial charge in [-0.2, -0.15) is 0 Å². The maximum Gasteiger partial charge on any atom is 0.317 e. The standard InChI is InChI=1S/C23H28N2O8/c26-12-18-6-14-3-15-5-17(23(33)19(7-15)13-27)9-25(11-21(30)31)2-1-24(10-20(28)29)8-16(4-14)22(18)32/h4-7,26-27,32-33H,1-3,8-13H2,(H,28,29)(H,30,31). The van der Waals surface area contributed by atoms with Crippen LogP contribution in [0.5, 0.6) is 11.5 Å². The number of nitrogens with zero attached hydrogens (tertiary/aromatic N) is 2. The van der Waals surface area contributed by atoms with Crippen molar-refractivity contribution in [3.63, 3.8) is 0 Å². The van der Waals surface area contributed by atoms with E-state index >= 15 is 0 Å². The number of aromatic hydroxyl groups is 2. The smallest absolute Gasteiger partial charge is 0.317 e. The van der Waals surface area contributed by atoms with Gasteiger partial charge in [0.15, 0.2) is 0 Å². The van der Waals surface area contributed by atoms with Gasteiger partial charge in [-0.15, -0.1) is 0 Å². The van der Waals surface area contributed by atoms with Crippen molar-refractivity contribution in [1.29, 1.82) is 0 Å². The van der Waals surface area contributed by atoms with Crippen LogP contribution in [-0.2, 0) is 42.3 Å². The normalized spacial score (nSPS) is 15.3. The Bertz CT molecular complexity index is 958. The Balaban J connectivity index is 2.12. The van der Waals surface area contributed by atoms with Gasteiger partial charge in [-0.1, -0.05) is 12.1 Å². The minimum absolute atomic E-state index is 0.0879. The van der Waals surface area contributed by atoms with Crippen molar-refractivity contribution in [2.75, 3.05) is 26.2 Å². The summed E-state index contributed by atoms with van der Waals surface area (Å²) in [5, 5.41) is 59.3. The summed E-state index contributed by atoms with van der Waals surface area (Å²) >= 11 is 0. The first-order valence-corrected chi connectivity index (χ1v) is 10.5. The van der Waals surface area contributed by atoms with Crippen molar-refractivity contribution < 1.29 is 40.2 Å². The third-order valence-electron chi connectivity index (χ3n) is 5.64. The number of fused-ring (bicyclic) bond motifs is 4. The molecule has 33 heavy (non-hydrogen) atoms. The number of aliphatic hydroxyl groups excluding tert-OH is 2. The fourth-order valence-electron chi connectivity index (χ4n) is 4.16. The first-order valence-electron chi connectivity index (χ1n) is 10.5. The number of hydrogen-bond donors (Lipinski definition) is 6. The highest BCUT2D eigenvalue weighted by molar-refractivity contribution is 5.69. The summed E-state index contributed by atoms with van der Waals surface area (Å²) in [6.45, 7) is -0.911. The van der Waals surface area contributed by atoms with Crippen molar-refractivity contribution in [1.82, 2.24) is 9.80 Å². The van der Waals surface area contributed by atoms with Crippen LogP contribution in [0.4, 0.5) is 0 Å². The first-order chi connectivity index (χ1) is 15.7. The average Bonchev–Trinajstić information content (AvgIpc) is 2.75. The molecule has 0 aliphatic carbocycles. The van der Waals surface area contributed by atoms with Gasteiger partial charge in [-0.25, -0.2) is 0 Å². The number of aliphatic hydroxyl groups is 2. The van der Waals surface area contributed by atoms with Gasteiger partial charge >= 0.3 is 11.9 Å². The van der Waals surface area contributed by atoms with E-state index in [2.05, 4.69) is 0 Å². The Hall–Kier alpha value is -3.18. The quantitative estimate of drug-likeness (QED) is 0.357. The van der Waals surface area contributed by atoms with E-state index in [0.29, 0.717) is 28.7 Å². The molecule has 0 atom stereocenters. The molecule has 0 spiro atoms. The third kappa shape index (κ3) is 6.20. The summed E-state index contributed by atoms with van der Waals surface area (Å²) in [4.78, 5) is 26.0. The highest BCUT2D eigenvalue weighted by Crippen LogP contribution is 2.31. The van der Waals surface area contributed by atoms with Gasteiger partial charge in [0, 0.05) is 48.4 Å². The Morgan fingerprint density at radius 2 is 1.12 bits per heavy atom. The molecule has 3 rings (SSSR count). The zero-order valence-corrected chi connectivity index (χ0v) is 18.1. The zero-order chi connectivity index (χ0) is 24.1. The topological polar surface area (TPSA) is 162 Å². The Labute approximate surface area is 190 Å². The lowest BCUT2D eigenvalue weighted by Gasteiger charge is -2.26. The molecule has 1 aliphatic heterocycles.